The molecule has 2 aliphatic heterocycles. The third-order valence-corrected chi connectivity index (χ3v) is 7.73. The van der Waals surface area contributed by atoms with E-state index in [0.29, 0.717) is 6.42 Å². The molecule has 1 aliphatic carbocycles. The van der Waals surface area contributed by atoms with Gasteiger partial charge >= 0.3 is 6.18 Å². The Morgan fingerprint density at radius 1 is 0.943 bits per heavy atom. The fourth-order valence-corrected chi connectivity index (χ4v) is 6.13. The second kappa shape index (κ2) is 7.57. The maximum absolute atomic E-state index is 13.9. The van der Waals surface area contributed by atoms with Crippen LogP contribution in [0.3, 0.4) is 0 Å². The maximum Gasteiger partial charge on any atom is 0.416 e. The Balaban J connectivity index is 1.72. The van der Waals surface area contributed by atoms with Gasteiger partial charge in [0.25, 0.3) is 0 Å². The standard InChI is InChI=1S/C26H19F3N4O2/c27-26(28,29)19-9-5-4-8-18(19)21-23(13-30,14-31)24(15-32)20-12-17(16-6-2-1-3-7-16)10-11-25(20,34-21)35-22(24)33/h1-9,17,20-21,33H,10-12H2. The van der Waals surface area contributed by atoms with Crippen LogP contribution in [0.15, 0.2) is 54.6 Å². The zero-order valence-corrected chi connectivity index (χ0v) is 18.3. The Hall–Kier alpha value is -3.87. The van der Waals surface area contributed by atoms with Crippen molar-refractivity contribution in [2.75, 3.05) is 0 Å². The number of benzene rings is 2. The third kappa shape index (κ3) is 2.87. The first-order valence-electron chi connectivity index (χ1n) is 11.1. The SMILES string of the molecule is N#CC1(C#N)C(c2ccccc2C(F)(F)F)OC23CCC(c4ccccc4)CC2C1(C#N)C(=N)O3. The van der Waals surface area contributed by atoms with Gasteiger partial charge in [-0.1, -0.05) is 48.5 Å². The summed E-state index contributed by atoms with van der Waals surface area (Å²) in [4.78, 5) is 0. The number of nitrogens with one attached hydrogen (secondary N) is 1. The third-order valence-electron chi connectivity index (χ3n) is 7.73. The second-order valence-electron chi connectivity index (χ2n) is 9.21. The van der Waals surface area contributed by atoms with E-state index in [-0.39, 0.29) is 18.8 Å². The number of ether oxygens (including phenoxy) is 2. The summed E-state index contributed by atoms with van der Waals surface area (Å²) in [5.41, 5.74) is -5.05. The molecule has 3 fully saturated rings. The van der Waals surface area contributed by atoms with Crippen LogP contribution < -0.4 is 0 Å². The highest BCUT2D eigenvalue weighted by Crippen LogP contribution is 2.71. The van der Waals surface area contributed by atoms with Crippen LogP contribution in [0.5, 0.6) is 0 Å². The minimum absolute atomic E-state index is 0.0609. The van der Waals surface area contributed by atoms with Crippen LogP contribution >= 0.6 is 0 Å². The van der Waals surface area contributed by atoms with E-state index in [0.717, 1.165) is 17.7 Å². The van der Waals surface area contributed by atoms with E-state index in [4.69, 9.17) is 14.9 Å². The molecular formula is C26H19F3N4O2. The summed E-state index contributed by atoms with van der Waals surface area (Å²) in [6, 6.07) is 19.7. The van der Waals surface area contributed by atoms with Crippen molar-refractivity contribution in [3.63, 3.8) is 0 Å². The zero-order chi connectivity index (χ0) is 25.1. The van der Waals surface area contributed by atoms with Gasteiger partial charge in [0.05, 0.1) is 29.7 Å². The molecule has 35 heavy (non-hydrogen) atoms. The van der Waals surface area contributed by atoms with Gasteiger partial charge in [0.1, 0.15) is 6.10 Å². The number of alkyl halides is 3. The van der Waals surface area contributed by atoms with Crippen LogP contribution in [0.25, 0.3) is 0 Å². The normalized spacial score (nSPS) is 32.9. The number of hydrogen-bond acceptors (Lipinski definition) is 6. The fraction of sp³-hybridized carbons (Fsp3) is 0.385. The number of hydrogen-bond donors (Lipinski definition) is 1. The topological polar surface area (TPSA) is 114 Å². The van der Waals surface area contributed by atoms with Crippen molar-refractivity contribution < 1.29 is 22.6 Å². The number of nitriles is 3. The van der Waals surface area contributed by atoms with Crippen molar-refractivity contribution >= 4 is 5.90 Å². The monoisotopic (exact) mass is 476 g/mol. The van der Waals surface area contributed by atoms with Gasteiger partial charge in [-0.3, -0.25) is 5.41 Å². The first kappa shape index (κ1) is 22.9. The van der Waals surface area contributed by atoms with E-state index in [9.17, 15) is 29.0 Å². The quantitative estimate of drug-likeness (QED) is 0.605. The minimum atomic E-state index is -4.79. The van der Waals surface area contributed by atoms with Crippen molar-refractivity contribution in [3.05, 3.63) is 71.3 Å². The Kier molecular flexibility index (Phi) is 4.95. The molecule has 5 rings (SSSR count). The van der Waals surface area contributed by atoms with Gasteiger partial charge in [-0.05, 0) is 36.0 Å². The van der Waals surface area contributed by atoms with E-state index in [1.807, 2.05) is 48.5 Å². The van der Waals surface area contributed by atoms with E-state index in [1.54, 1.807) is 0 Å². The molecule has 2 heterocycles. The molecule has 2 aromatic carbocycles. The van der Waals surface area contributed by atoms with Gasteiger partial charge in [-0.15, -0.1) is 0 Å². The summed E-state index contributed by atoms with van der Waals surface area (Å²) >= 11 is 0. The predicted octanol–water partition coefficient (Wildman–Crippen LogP) is 5.61. The summed E-state index contributed by atoms with van der Waals surface area (Å²) in [6.45, 7) is 0. The van der Waals surface area contributed by atoms with E-state index >= 15 is 0 Å². The average molecular weight is 476 g/mol. The van der Waals surface area contributed by atoms with Crippen molar-refractivity contribution in [3.8, 4) is 18.2 Å². The summed E-state index contributed by atoms with van der Waals surface area (Å²) in [5, 5.41) is 39.8. The Bertz CT molecular complexity index is 1310. The van der Waals surface area contributed by atoms with Crippen molar-refractivity contribution in [2.24, 2.45) is 16.7 Å². The molecule has 0 aromatic heterocycles. The minimum Gasteiger partial charge on any atom is -0.447 e. The summed E-state index contributed by atoms with van der Waals surface area (Å²) in [5.74, 6) is -3.14. The fourth-order valence-electron chi connectivity index (χ4n) is 6.13. The molecule has 0 radical (unpaired) electrons. The van der Waals surface area contributed by atoms with Crippen molar-refractivity contribution in [2.45, 2.75) is 43.2 Å². The number of halogens is 3. The maximum atomic E-state index is 13.9. The van der Waals surface area contributed by atoms with Crippen LogP contribution in [0.1, 0.15) is 48.0 Å². The highest BCUT2D eigenvalue weighted by molar-refractivity contribution is 5.89. The van der Waals surface area contributed by atoms with Crippen LogP contribution in [0, 0.1) is 56.2 Å². The van der Waals surface area contributed by atoms with Crippen LogP contribution in [-0.4, -0.2) is 11.7 Å². The molecule has 0 spiro atoms. The molecule has 9 heteroatoms. The lowest BCUT2D eigenvalue weighted by Gasteiger charge is -2.53. The highest BCUT2D eigenvalue weighted by Gasteiger charge is 2.81. The Morgan fingerprint density at radius 2 is 1.60 bits per heavy atom. The molecule has 5 unspecified atom stereocenters. The Morgan fingerprint density at radius 3 is 2.23 bits per heavy atom. The van der Waals surface area contributed by atoms with Gasteiger partial charge in [0, 0.05) is 6.42 Å². The summed E-state index contributed by atoms with van der Waals surface area (Å²) in [7, 11) is 0. The molecule has 1 saturated carbocycles. The lowest BCUT2D eigenvalue weighted by atomic mass is 9.50. The van der Waals surface area contributed by atoms with Crippen LogP contribution in [0.4, 0.5) is 13.2 Å². The lowest BCUT2D eigenvalue weighted by molar-refractivity contribution is -0.297. The second-order valence-corrected chi connectivity index (χ2v) is 9.21. The van der Waals surface area contributed by atoms with Gasteiger partial charge in [0.15, 0.2) is 5.41 Å². The van der Waals surface area contributed by atoms with Gasteiger partial charge in [0.2, 0.25) is 17.1 Å². The van der Waals surface area contributed by atoms with E-state index in [1.165, 1.54) is 12.1 Å². The van der Waals surface area contributed by atoms with Gasteiger partial charge < -0.3 is 9.47 Å². The largest absolute Gasteiger partial charge is 0.447 e. The smallest absolute Gasteiger partial charge is 0.416 e. The van der Waals surface area contributed by atoms with Crippen LogP contribution in [-0.2, 0) is 15.7 Å². The van der Waals surface area contributed by atoms with Gasteiger partial charge in [-0.2, -0.15) is 29.0 Å². The molecule has 6 nitrogen and oxygen atoms in total. The van der Waals surface area contributed by atoms with E-state index < -0.39 is 51.8 Å². The molecule has 2 bridgehead atoms. The zero-order valence-electron chi connectivity index (χ0n) is 18.3. The first-order chi connectivity index (χ1) is 16.7. The molecule has 0 amide bonds. The number of rotatable bonds is 2. The summed E-state index contributed by atoms with van der Waals surface area (Å²) in [6.07, 6.45) is -5.53. The molecule has 2 saturated heterocycles. The van der Waals surface area contributed by atoms with Gasteiger partial charge in [-0.25, -0.2) is 0 Å². The predicted molar refractivity (Wildman–Crippen MR) is 115 cm³/mol. The molecule has 5 atom stereocenters. The molecular weight excluding hydrogens is 457 g/mol. The average Bonchev–Trinajstić information content (AvgIpc) is 3.07. The molecule has 1 N–H and O–H groups in total. The van der Waals surface area contributed by atoms with Crippen LogP contribution in [0.2, 0.25) is 0 Å². The molecule has 2 aromatic rings. The van der Waals surface area contributed by atoms with Crippen molar-refractivity contribution in [1.29, 1.82) is 21.2 Å². The molecule has 176 valence electrons. The Labute approximate surface area is 199 Å². The molecule has 3 aliphatic rings. The van der Waals surface area contributed by atoms with E-state index in [2.05, 4.69) is 0 Å². The van der Waals surface area contributed by atoms with Crippen molar-refractivity contribution in [1.82, 2.24) is 0 Å². The first-order valence-corrected chi connectivity index (χ1v) is 11.1. The lowest BCUT2D eigenvalue weighted by Crippen LogP contribution is -2.61. The highest BCUT2D eigenvalue weighted by atomic mass is 19.4. The number of nitrogens with zero attached hydrogens (tertiary/aromatic N) is 3. The summed E-state index contributed by atoms with van der Waals surface area (Å²) < 4.78 is 53.9.